The van der Waals surface area contributed by atoms with Crippen LogP contribution in [0.15, 0.2) is 23.8 Å². The van der Waals surface area contributed by atoms with Crippen molar-refractivity contribution in [2.45, 2.75) is 46.6 Å². The third kappa shape index (κ3) is 6.71. The van der Waals surface area contributed by atoms with E-state index in [-0.39, 0.29) is 11.9 Å². The summed E-state index contributed by atoms with van der Waals surface area (Å²) in [6, 6.07) is 3.52. The number of methoxy groups -OCH3 is 1. The molecule has 1 aromatic carbocycles. The molecule has 0 radical (unpaired) electrons. The largest absolute Gasteiger partial charge is 0.493 e. The molecule has 0 aliphatic carbocycles. The molecule has 0 unspecified atom stereocenters. The summed E-state index contributed by atoms with van der Waals surface area (Å²) in [5.74, 6) is 1.21. The number of hydrogen-bond donors (Lipinski definition) is 1. The number of rotatable bonds is 8. The zero-order chi connectivity index (χ0) is 20.7. The minimum atomic E-state index is -0.127. The first kappa shape index (κ1) is 22.6. The van der Waals surface area contributed by atoms with Gasteiger partial charge in [-0.25, -0.2) is 0 Å². The predicted molar refractivity (Wildman–Crippen MR) is 115 cm³/mol. The fraction of sp³-hybridized carbons (Fsp3) is 0.591. The summed E-state index contributed by atoms with van der Waals surface area (Å²) in [6.45, 7) is 11.8. The Kier molecular flexibility index (Phi) is 8.64. The maximum Gasteiger partial charge on any atom is 0.251 e. The second-order valence-electron chi connectivity index (χ2n) is 8.02. The Morgan fingerprint density at radius 1 is 1.32 bits per heavy atom. The highest BCUT2D eigenvalue weighted by Gasteiger charge is 2.22. The number of benzene rings is 1. The quantitative estimate of drug-likeness (QED) is 0.641. The van der Waals surface area contributed by atoms with Crippen LogP contribution in [0.3, 0.4) is 0 Å². The minimum Gasteiger partial charge on any atom is -0.493 e. The van der Waals surface area contributed by atoms with Crippen LogP contribution in [0.25, 0.3) is 0 Å². The van der Waals surface area contributed by atoms with Crippen LogP contribution in [0.1, 0.15) is 50.9 Å². The second kappa shape index (κ2) is 10.7. The number of piperidine rings is 1. The van der Waals surface area contributed by atoms with Crippen LogP contribution in [0.2, 0.25) is 5.02 Å². The summed E-state index contributed by atoms with van der Waals surface area (Å²) in [4.78, 5) is 15.1. The number of nitrogens with zero attached hydrogens (tertiary/aromatic N) is 1. The molecule has 1 aliphatic rings. The molecular weight excluding hydrogens is 376 g/mol. The first-order valence-electron chi connectivity index (χ1n) is 9.97. The van der Waals surface area contributed by atoms with Crippen LogP contribution in [0, 0.1) is 5.92 Å². The summed E-state index contributed by atoms with van der Waals surface area (Å²) in [5.41, 5.74) is 1.83. The zero-order valence-corrected chi connectivity index (χ0v) is 18.4. The lowest BCUT2D eigenvalue weighted by atomic mass is 10.0. The Morgan fingerprint density at radius 3 is 2.57 bits per heavy atom. The molecule has 1 saturated heterocycles. The monoisotopic (exact) mass is 408 g/mol. The number of nitrogens with one attached hydrogen (secondary N) is 1. The zero-order valence-electron chi connectivity index (χ0n) is 17.7. The van der Waals surface area contributed by atoms with Gasteiger partial charge >= 0.3 is 0 Å². The molecule has 0 bridgehead atoms. The van der Waals surface area contributed by atoms with Gasteiger partial charge in [-0.05, 0) is 44.7 Å². The number of carbonyl (C=O) groups is 1. The molecular formula is C22H33ClN2O3. The van der Waals surface area contributed by atoms with Crippen LogP contribution >= 0.6 is 11.6 Å². The Labute approximate surface area is 174 Å². The molecule has 156 valence electrons. The van der Waals surface area contributed by atoms with Gasteiger partial charge in [0.25, 0.3) is 5.91 Å². The number of likely N-dealkylation sites (tertiary alicyclic amines) is 1. The van der Waals surface area contributed by atoms with Gasteiger partial charge in [0.05, 0.1) is 18.7 Å². The summed E-state index contributed by atoms with van der Waals surface area (Å²) in [6.07, 6.45) is 4.14. The third-order valence-corrected chi connectivity index (χ3v) is 5.01. The number of halogens is 1. The summed E-state index contributed by atoms with van der Waals surface area (Å²) in [5, 5.41) is 3.52. The Balaban J connectivity index is 1.97. The van der Waals surface area contributed by atoms with E-state index in [0.717, 1.165) is 32.5 Å². The van der Waals surface area contributed by atoms with Gasteiger partial charge in [0.15, 0.2) is 11.5 Å². The van der Waals surface area contributed by atoms with Crippen molar-refractivity contribution in [2.75, 3.05) is 33.4 Å². The first-order chi connectivity index (χ1) is 13.3. The molecule has 1 aromatic rings. The van der Waals surface area contributed by atoms with Crippen LogP contribution in [0.5, 0.6) is 11.5 Å². The van der Waals surface area contributed by atoms with Crippen molar-refractivity contribution < 1.29 is 14.3 Å². The first-order valence-corrected chi connectivity index (χ1v) is 10.3. The van der Waals surface area contributed by atoms with Gasteiger partial charge in [-0.1, -0.05) is 37.1 Å². The molecule has 0 spiro atoms. The van der Waals surface area contributed by atoms with Gasteiger partial charge in [0, 0.05) is 31.2 Å². The van der Waals surface area contributed by atoms with Crippen molar-refractivity contribution >= 4 is 17.5 Å². The van der Waals surface area contributed by atoms with E-state index in [4.69, 9.17) is 21.1 Å². The lowest BCUT2D eigenvalue weighted by Crippen LogP contribution is -2.44. The van der Waals surface area contributed by atoms with Crippen molar-refractivity contribution in [1.82, 2.24) is 10.2 Å². The van der Waals surface area contributed by atoms with E-state index >= 15 is 0 Å². The molecule has 5 nitrogen and oxygen atoms in total. The molecule has 2 rings (SSSR count). The Morgan fingerprint density at radius 2 is 2.00 bits per heavy atom. The third-order valence-electron chi connectivity index (χ3n) is 4.73. The van der Waals surface area contributed by atoms with E-state index in [0.29, 0.717) is 34.6 Å². The number of amides is 1. The molecule has 1 fully saturated rings. The minimum absolute atomic E-state index is 0.127. The molecule has 1 N–H and O–H groups in total. The maximum absolute atomic E-state index is 12.7. The molecule has 0 aromatic heterocycles. The Hall–Kier alpha value is -1.72. The lowest BCUT2D eigenvalue weighted by molar-refractivity contribution is 0.0913. The van der Waals surface area contributed by atoms with Gasteiger partial charge in [0.1, 0.15) is 0 Å². The van der Waals surface area contributed by atoms with Crippen LogP contribution in [-0.4, -0.2) is 50.2 Å². The van der Waals surface area contributed by atoms with E-state index in [2.05, 4.69) is 44.0 Å². The fourth-order valence-corrected chi connectivity index (χ4v) is 3.35. The molecule has 1 aliphatic heterocycles. The van der Waals surface area contributed by atoms with Crippen LogP contribution in [-0.2, 0) is 0 Å². The van der Waals surface area contributed by atoms with Crippen molar-refractivity contribution in [1.29, 1.82) is 0 Å². The highest BCUT2D eigenvalue weighted by molar-refractivity contribution is 6.32. The van der Waals surface area contributed by atoms with Gasteiger partial charge < -0.3 is 14.8 Å². The molecule has 0 saturated carbocycles. The highest BCUT2D eigenvalue weighted by Crippen LogP contribution is 2.36. The molecule has 1 amide bonds. The second-order valence-corrected chi connectivity index (χ2v) is 8.43. The number of allylic oxidation sites excluding steroid dienone is 1. The molecule has 28 heavy (non-hydrogen) atoms. The molecule has 1 heterocycles. The van der Waals surface area contributed by atoms with Gasteiger partial charge in [-0.2, -0.15) is 0 Å². The average molecular weight is 409 g/mol. The SMILES string of the molecule is COc1cc(C(=O)NC2CCN(CC=C(C)C)CC2)cc(Cl)c1OCC(C)C. The van der Waals surface area contributed by atoms with Gasteiger partial charge in [0.2, 0.25) is 0 Å². The van der Waals surface area contributed by atoms with Crippen LogP contribution in [0.4, 0.5) is 0 Å². The van der Waals surface area contributed by atoms with E-state index < -0.39 is 0 Å². The van der Waals surface area contributed by atoms with Gasteiger partial charge in [-0.3, -0.25) is 9.69 Å². The standard InChI is InChI=1S/C22H33ClN2O3/c1-15(2)6-9-25-10-7-18(8-11-25)24-22(26)17-12-19(23)21(20(13-17)27-5)28-14-16(3)4/h6,12-13,16,18H,7-11,14H2,1-5H3,(H,24,26). The van der Waals surface area contributed by atoms with Crippen molar-refractivity contribution in [3.05, 3.63) is 34.4 Å². The predicted octanol–water partition coefficient (Wildman–Crippen LogP) is 4.54. The smallest absolute Gasteiger partial charge is 0.251 e. The van der Waals surface area contributed by atoms with E-state index in [1.165, 1.54) is 5.57 Å². The molecule has 0 atom stereocenters. The number of carbonyl (C=O) groups excluding carboxylic acids is 1. The van der Waals surface area contributed by atoms with Crippen LogP contribution < -0.4 is 14.8 Å². The van der Waals surface area contributed by atoms with Gasteiger partial charge in [-0.15, -0.1) is 0 Å². The van der Waals surface area contributed by atoms with E-state index in [1.54, 1.807) is 19.2 Å². The topological polar surface area (TPSA) is 50.8 Å². The lowest BCUT2D eigenvalue weighted by Gasteiger charge is -2.31. The number of hydrogen-bond acceptors (Lipinski definition) is 4. The molecule has 6 heteroatoms. The Bertz CT molecular complexity index is 691. The fourth-order valence-electron chi connectivity index (χ4n) is 3.08. The summed E-state index contributed by atoms with van der Waals surface area (Å²) in [7, 11) is 1.55. The normalized spacial score (nSPS) is 15.4. The highest BCUT2D eigenvalue weighted by atomic mass is 35.5. The average Bonchev–Trinajstić information content (AvgIpc) is 2.65. The summed E-state index contributed by atoms with van der Waals surface area (Å²) < 4.78 is 11.2. The van der Waals surface area contributed by atoms with E-state index in [1.807, 2.05) is 0 Å². The van der Waals surface area contributed by atoms with Crippen molar-refractivity contribution in [2.24, 2.45) is 5.92 Å². The van der Waals surface area contributed by atoms with Crippen molar-refractivity contribution in [3.63, 3.8) is 0 Å². The van der Waals surface area contributed by atoms with E-state index in [9.17, 15) is 4.79 Å². The van der Waals surface area contributed by atoms with Crippen molar-refractivity contribution in [3.8, 4) is 11.5 Å². The maximum atomic E-state index is 12.7. The number of ether oxygens (including phenoxy) is 2. The summed E-state index contributed by atoms with van der Waals surface area (Å²) >= 11 is 6.37.